The molecule has 0 saturated heterocycles. The van der Waals surface area contributed by atoms with E-state index >= 15 is 0 Å². The van der Waals surface area contributed by atoms with Gasteiger partial charge in [-0.3, -0.25) is 9.59 Å². The average Bonchev–Trinajstić information content (AvgIpc) is 3.23. The number of furan rings is 1. The third-order valence-electron chi connectivity index (χ3n) is 3.84. The Morgan fingerprint density at radius 2 is 1.57 bits per heavy atom. The van der Waals surface area contributed by atoms with Crippen molar-refractivity contribution in [2.45, 2.75) is 0 Å². The maximum atomic E-state index is 12.5. The van der Waals surface area contributed by atoms with Gasteiger partial charge in [-0.25, -0.2) is 0 Å². The van der Waals surface area contributed by atoms with Gasteiger partial charge in [0.25, 0.3) is 11.8 Å². The zero-order valence-electron chi connectivity index (χ0n) is 15.1. The molecule has 2 N–H and O–H groups in total. The topological polar surface area (TPSA) is 89.8 Å². The van der Waals surface area contributed by atoms with E-state index in [-0.39, 0.29) is 22.6 Å². The molecule has 0 bridgehead atoms. The van der Waals surface area contributed by atoms with E-state index in [1.54, 1.807) is 36.4 Å². The highest BCUT2D eigenvalue weighted by Crippen LogP contribution is 2.36. The van der Waals surface area contributed by atoms with E-state index in [1.807, 2.05) is 0 Å². The van der Waals surface area contributed by atoms with Crippen LogP contribution in [0.4, 0.5) is 11.4 Å². The Bertz CT molecular complexity index is 985. The molecular weight excluding hydrogens is 384 g/mol. The first kappa shape index (κ1) is 19.3. The van der Waals surface area contributed by atoms with Crippen LogP contribution >= 0.6 is 11.6 Å². The number of hydrogen-bond acceptors (Lipinski definition) is 5. The van der Waals surface area contributed by atoms with Crippen LogP contribution < -0.4 is 20.1 Å². The smallest absolute Gasteiger partial charge is 0.291 e. The summed E-state index contributed by atoms with van der Waals surface area (Å²) in [5.41, 5.74) is 1.43. The summed E-state index contributed by atoms with van der Waals surface area (Å²) in [5.74, 6) is 0.202. The normalized spacial score (nSPS) is 10.2. The minimum Gasteiger partial charge on any atom is -0.493 e. The van der Waals surface area contributed by atoms with Crippen molar-refractivity contribution in [3.05, 3.63) is 71.1 Å². The first-order valence-corrected chi connectivity index (χ1v) is 8.57. The molecule has 0 fully saturated rings. The molecule has 0 aliphatic rings. The molecule has 2 aromatic carbocycles. The maximum Gasteiger partial charge on any atom is 0.291 e. The van der Waals surface area contributed by atoms with Gasteiger partial charge in [-0.2, -0.15) is 0 Å². The van der Waals surface area contributed by atoms with Gasteiger partial charge in [0.15, 0.2) is 17.3 Å². The number of halogens is 1. The minimum atomic E-state index is -0.366. The second-order valence-corrected chi connectivity index (χ2v) is 6.06. The number of hydrogen-bond donors (Lipinski definition) is 2. The quantitative estimate of drug-likeness (QED) is 0.637. The molecule has 3 aromatic rings. The summed E-state index contributed by atoms with van der Waals surface area (Å²) in [6, 6.07) is 12.9. The zero-order chi connectivity index (χ0) is 20.1. The lowest BCUT2D eigenvalue weighted by molar-refractivity contribution is 0.0994. The molecule has 28 heavy (non-hydrogen) atoms. The lowest BCUT2D eigenvalue weighted by Crippen LogP contribution is -2.13. The summed E-state index contributed by atoms with van der Waals surface area (Å²) in [6.45, 7) is 0. The predicted octanol–water partition coefficient (Wildman–Crippen LogP) is 4.45. The third kappa shape index (κ3) is 4.27. The van der Waals surface area contributed by atoms with Crippen molar-refractivity contribution in [1.82, 2.24) is 0 Å². The molecule has 144 valence electrons. The fourth-order valence-electron chi connectivity index (χ4n) is 2.49. The molecule has 7 nitrogen and oxygen atoms in total. The van der Waals surface area contributed by atoms with Crippen LogP contribution in [0.15, 0.2) is 59.2 Å². The van der Waals surface area contributed by atoms with Crippen molar-refractivity contribution in [1.29, 1.82) is 0 Å². The highest BCUT2D eigenvalue weighted by Gasteiger charge is 2.15. The van der Waals surface area contributed by atoms with E-state index < -0.39 is 0 Å². The molecule has 0 saturated carbocycles. The number of carbonyl (C=O) groups excluding carboxylic acids is 2. The Kier molecular flexibility index (Phi) is 5.86. The SMILES string of the molecule is COc1cc(C(=O)Nc2ccc(NC(=O)c3ccco3)cc2)cc(Cl)c1OC. The van der Waals surface area contributed by atoms with Gasteiger partial charge in [0.1, 0.15) is 0 Å². The Morgan fingerprint density at radius 3 is 2.11 bits per heavy atom. The van der Waals surface area contributed by atoms with E-state index in [2.05, 4.69) is 10.6 Å². The van der Waals surface area contributed by atoms with Crippen LogP contribution in [0.1, 0.15) is 20.9 Å². The van der Waals surface area contributed by atoms with Gasteiger partial charge >= 0.3 is 0 Å². The van der Waals surface area contributed by atoms with Crippen LogP contribution in [0.2, 0.25) is 5.02 Å². The maximum absolute atomic E-state index is 12.5. The van der Waals surface area contributed by atoms with Crippen LogP contribution in [0.25, 0.3) is 0 Å². The third-order valence-corrected chi connectivity index (χ3v) is 4.12. The summed E-state index contributed by atoms with van der Waals surface area (Å²) in [7, 11) is 2.93. The molecule has 0 aliphatic carbocycles. The molecular formula is C20H17ClN2O5. The fourth-order valence-corrected chi connectivity index (χ4v) is 2.78. The van der Waals surface area contributed by atoms with Crippen LogP contribution in [0.5, 0.6) is 11.5 Å². The number of benzene rings is 2. The van der Waals surface area contributed by atoms with Crippen molar-refractivity contribution in [2.75, 3.05) is 24.9 Å². The zero-order valence-corrected chi connectivity index (χ0v) is 15.9. The lowest BCUT2D eigenvalue weighted by atomic mass is 10.1. The molecule has 2 amide bonds. The van der Waals surface area contributed by atoms with E-state index in [4.69, 9.17) is 25.5 Å². The van der Waals surface area contributed by atoms with E-state index in [0.717, 1.165) is 0 Å². The van der Waals surface area contributed by atoms with Crippen molar-refractivity contribution in [2.24, 2.45) is 0 Å². The van der Waals surface area contributed by atoms with Gasteiger partial charge in [-0.05, 0) is 48.5 Å². The summed E-state index contributed by atoms with van der Waals surface area (Å²) in [4.78, 5) is 24.5. The summed E-state index contributed by atoms with van der Waals surface area (Å²) in [6.07, 6.45) is 1.42. The van der Waals surface area contributed by atoms with E-state index in [1.165, 1.54) is 32.6 Å². The van der Waals surface area contributed by atoms with Crippen LogP contribution in [-0.2, 0) is 0 Å². The molecule has 0 radical (unpaired) electrons. The fraction of sp³-hybridized carbons (Fsp3) is 0.100. The molecule has 0 spiro atoms. The molecule has 1 heterocycles. The van der Waals surface area contributed by atoms with Crippen LogP contribution in [0.3, 0.4) is 0 Å². The number of anilines is 2. The van der Waals surface area contributed by atoms with E-state index in [0.29, 0.717) is 28.4 Å². The standard InChI is InChI=1S/C20H17ClN2O5/c1-26-17-11-12(10-15(21)18(17)27-2)19(24)22-13-5-7-14(8-6-13)23-20(25)16-4-3-9-28-16/h3-11H,1-2H3,(H,22,24)(H,23,25). The van der Waals surface area contributed by atoms with Crippen molar-refractivity contribution in [3.63, 3.8) is 0 Å². The minimum absolute atomic E-state index is 0.211. The predicted molar refractivity (Wildman–Crippen MR) is 106 cm³/mol. The van der Waals surface area contributed by atoms with Gasteiger partial charge in [0.2, 0.25) is 0 Å². The second kappa shape index (κ2) is 8.49. The van der Waals surface area contributed by atoms with Crippen LogP contribution in [0, 0.1) is 0 Å². The largest absolute Gasteiger partial charge is 0.493 e. The highest BCUT2D eigenvalue weighted by atomic mass is 35.5. The molecule has 0 unspecified atom stereocenters. The number of amides is 2. The van der Waals surface area contributed by atoms with Crippen molar-refractivity contribution >= 4 is 34.8 Å². The van der Waals surface area contributed by atoms with Crippen molar-refractivity contribution in [3.8, 4) is 11.5 Å². The highest BCUT2D eigenvalue weighted by molar-refractivity contribution is 6.32. The van der Waals surface area contributed by atoms with Gasteiger partial charge in [-0.15, -0.1) is 0 Å². The summed E-state index contributed by atoms with van der Waals surface area (Å²) >= 11 is 6.14. The number of methoxy groups -OCH3 is 2. The first-order chi connectivity index (χ1) is 13.5. The molecule has 8 heteroatoms. The number of nitrogens with one attached hydrogen (secondary N) is 2. The van der Waals surface area contributed by atoms with Gasteiger partial charge in [-0.1, -0.05) is 11.6 Å². The molecule has 1 aromatic heterocycles. The van der Waals surface area contributed by atoms with Gasteiger partial charge < -0.3 is 24.5 Å². The van der Waals surface area contributed by atoms with Gasteiger partial charge in [0, 0.05) is 16.9 Å². The van der Waals surface area contributed by atoms with Crippen molar-refractivity contribution < 1.29 is 23.5 Å². The molecule has 3 rings (SSSR count). The Hall–Kier alpha value is -3.45. The molecule has 0 aliphatic heterocycles. The Morgan fingerprint density at radius 1 is 0.929 bits per heavy atom. The Balaban J connectivity index is 1.69. The Labute approximate surface area is 166 Å². The monoisotopic (exact) mass is 400 g/mol. The molecule has 0 atom stereocenters. The summed E-state index contributed by atoms with van der Waals surface area (Å²) in [5, 5.41) is 5.72. The number of ether oxygens (including phenoxy) is 2. The van der Waals surface area contributed by atoms with E-state index in [9.17, 15) is 9.59 Å². The summed E-state index contributed by atoms with van der Waals surface area (Å²) < 4.78 is 15.4. The van der Waals surface area contributed by atoms with Crippen LogP contribution in [-0.4, -0.2) is 26.0 Å². The lowest BCUT2D eigenvalue weighted by Gasteiger charge is -2.12. The number of carbonyl (C=O) groups is 2. The first-order valence-electron chi connectivity index (χ1n) is 8.19. The second-order valence-electron chi connectivity index (χ2n) is 5.66. The number of rotatable bonds is 6. The average molecular weight is 401 g/mol. The van der Waals surface area contributed by atoms with Gasteiger partial charge in [0.05, 0.1) is 25.5 Å².